The molecule has 3 aromatic rings. The predicted molar refractivity (Wildman–Crippen MR) is 80.2 cm³/mol. The van der Waals surface area contributed by atoms with Crippen LogP contribution in [0.3, 0.4) is 0 Å². The first-order chi connectivity index (χ1) is 9.74. The van der Waals surface area contributed by atoms with Crippen molar-refractivity contribution in [3.63, 3.8) is 0 Å². The highest BCUT2D eigenvalue weighted by Gasteiger charge is 2.12. The predicted octanol–water partition coefficient (Wildman–Crippen LogP) is 4.11. The number of carbonyl (C=O) groups is 1. The monoisotopic (exact) mass is 283 g/mol. The summed E-state index contributed by atoms with van der Waals surface area (Å²) in [6.07, 6.45) is 0. The van der Waals surface area contributed by atoms with Crippen LogP contribution in [0.15, 0.2) is 58.2 Å². The lowest BCUT2D eigenvalue weighted by atomic mass is 10.1. The number of aryl methyl sites for hydroxylation is 1. The Hall–Kier alpha value is -2.07. The van der Waals surface area contributed by atoms with Gasteiger partial charge in [0.1, 0.15) is 5.52 Å². The molecule has 1 heterocycles. The molecule has 0 unspecified atom stereocenters. The Balaban J connectivity index is 1.73. The standard InChI is InChI=1S/C16H13NO2S/c1-11-6-2-3-7-12(11)14(18)10-20-16-17-13-8-4-5-9-15(13)19-16/h2-9H,10H2,1H3. The Labute approximate surface area is 121 Å². The second kappa shape index (κ2) is 5.51. The maximum Gasteiger partial charge on any atom is 0.257 e. The Morgan fingerprint density at radius 3 is 2.70 bits per heavy atom. The number of ketones is 1. The lowest BCUT2D eigenvalue weighted by molar-refractivity contribution is 0.102. The molecule has 0 fully saturated rings. The number of hydrogen-bond donors (Lipinski definition) is 0. The minimum Gasteiger partial charge on any atom is -0.431 e. The summed E-state index contributed by atoms with van der Waals surface area (Å²) < 4.78 is 5.58. The van der Waals surface area contributed by atoms with E-state index in [0.29, 0.717) is 11.0 Å². The Kier molecular flexibility index (Phi) is 3.56. The van der Waals surface area contributed by atoms with E-state index in [9.17, 15) is 4.79 Å². The molecule has 2 aromatic carbocycles. The number of Topliss-reactive ketones (excluding diaryl/α,β-unsaturated/α-hetero) is 1. The van der Waals surface area contributed by atoms with Gasteiger partial charge < -0.3 is 4.42 Å². The molecule has 0 aliphatic rings. The van der Waals surface area contributed by atoms with Crippen LogP contribution in [0.5, 0.6) is 0 Å². The Morgan fingerprint density at radius 2 is 1.90 bits per heavy atom. The van der Waals surface area contributed by atoms with Crippen molar-refractivity contribution in [3.05, 3.63) is 59.7 Å². The molecule has 0 aliphatic carbocycles. The molecule has 20 heavy (non-hydrogen) atoms. The average Bonchev–Trinajstić information content (AvgIpc) is 2.88. The molecule has 3 nitrogen and oxygen atoms in total. The third kappa shape index (κ3) is 2.60. The van der Waals surface area contributed by atoms with Gasteiger partial charge in [0, 0.05) is 5.56 Å². The van der Waals surface area contributed by atoms with Gasteiger partial charge in [0.15, 0.2) is 11.4 Å². The van der Waals surface area contributed by atoms with Gasteiger partial charge in [-0.05, 0) is 24.6 Å². The SMILES string of the molecule is Cc1ccccc1C(=O)CSc1nc2ccccc2o1. The van der Waals surface area contributed by atoms with Crippen LogP contribution in [0, 0.1) is 6.92 Å². The molecule has 1 aromatic heterocycles. The number of rotatable bonds is 4. The van der Waals surface area contributed by atoms with Crippen LogP contribution >= 0.6 is 11.8 Å². The molecule has 4 heteroatoms. The third-order valence-corrected chi connectivity index (χ3v) is 3.87. The van der Waals surface area contributed by atoms with E-state index in [1.165, 1.54) is 11.8 Å². The van der Waals surface area contributed by atoms with Gasteiger partial charge in [-0.15, -0.1) is 0 Å². The fraction of sp³-hybridized carbons (Fsp3) is 0.125. The summed E-state index contributed by atoms with van der Waals surface area (Å²) in [5.41, 5.74) is 3.32. The highest BCUT2D eigenvalue weighted by atomic mass is 32.2. The second-order valence-corrected chi connectivity index (χ2v) is 5.40. The van der Waals surface area contributed by atoms with Crippen LogP contribution in [0.4, 0.5) is 0 Å². The summed E-state index contributed by atoms with van der Waals surface area (Å²) in [6, 6.07) is 15.2. The van der Waals surface area contributed by atoms with Crippen molar-refractivity contribution in [2.24, 2.45) is 0 Å². The maximum atomic E-state index is 12.2. The molecule has 100 valence electrons. The number of para-hydroxylation sites is 2. The number of aromatic nitrogens is 1. The third-order valence-electron chi connectivity index (χ3n) is 3.05. The van der Waals surface area contributed by atoms with Gasteiger partial charge in [-0.3, -0.25) is 4.79 Å². The zero-order chi connectivity index (χ0) is 13.9. The van der Waals surface area contributed by atoms with Crippen molar-refractivity contribution in [2.75, 3.05) is 5.75 Å². The van der Waals surface area contributed by atoms with Crippen LogP contribution < -0.4 is 0 Å². The summed E-state index contributed by atoms with van der Waals surface area (Å²) in [6.45, 7) is 1.94. The molecule has 0 atom stereocenters. The molecule has 0 spiro atoms. The van der Waals surface area contributed by atoms with Crippen LogP contribution in [-0.4, -0.2) is 16.5 Å². The minimum absolute atomic E-state index is 0.0929. The number of carbonyl (C=O) groups excluding carboxylic acids is 1. The van der Waals surface area contributed by atoms with Crippen LogP contribution in [0.2, 0.25) is 0 Å². The van der Waals surface area contributed by atoms with E-state index in [-0.39, 0.29) is 5.78 Å². The number of oxazole rings is 1. The lowest BCUT2D eigenvalue weighted by Gasteiger charge is -2.02. The molecule has 0 saturated carbocycles. The number of thioether (sulfide) groups is 1. The molecule has 0 N–H and O–H groups in total. The van der Waals surface area contributed by atoms with Crippen LogP contribution in [0.1, 0.15) is 15.9 Å². The summed E-state index contributed by atoms with van der Waals surface area (Å²) in [4.78, 5) is 16.5. The van der Waals surface area contributed by atoms with E-state index < -0.39 is 0 Å². The average molecular weight is 283 g/mol. The first kappa shape index (κ1) is 12.9. The van der Waals surface area contributed by atoms with E-state index in [1.54, 1.807) is 0 Å². The molecule has 0 aliphatic heterocycles. The molecular formula is C16H13NO2S. The Bertz CT molecular complexity index is 731. The molecule has 0 radical (unpaired) electrons. The minimum atomic E-state index is 0.0929. The number of hydrogen-bond acceptors (Lipinski definition) is 4. The van der Waals surface area contributed by atoms with Crippen molar-refractivity contribution in [1.82, 2.24) is 4.98 Å². The first-order valence-corrected chi connectivity index (χ1v) is 7.30. The summed E-state index contributed by atoms with van der Waals surface area (Å²) in [7, 11) is 0. The fourth-order valence-electron chi connectivity index (χ4n) is 2.00. The van der Waals surface area contributed by atoms with Crippen LogP contribution in [0.25, 0.3) is 11.1 Å². The number of nitrogens with zero attached hydrogens (tertiary/aromatic N) is 1. The molecular weight excluding hydrogens is 270 g/mol. The summed E-state index contributed by atoms with van der Waals surface area (Å²) in [5, 5.41) is 0.535. The van der Waals surface area contributed by atoms with Crippen molar-refractivity contribution < 1.29 is 9.21 Å². The normalized spacial score (nSPS) is 10.8. The molecule has 0 bridgehead atoms. The van der Waals surface area contributed by atoms with E-state index in [4.69, 9.17) is 4.42 Å². The zero-order valence-corrected chi connectivity index (χ0v) is 11.8. The molecule has 3 rings (SSSR count). The van der Waals surface area contributed by atoms with Gasteiger partial charge in [-0.1, -0.05) is 48.2 Å². The van der Waals surface area contributed by atoms with Gasteiger partial charge in [-0.25, -0.2) is 4.98 Å². The quantitative estimate of drug-likeness (QED) is 0.534. The van der Waals surface area contributed by atoms with Crippen molar-refractivity contribution >= 4 is 28.6 Å². The largest absolute Gasteiger partial charge is 0.431 e. The second-order valence-electron chi connectivity index (χ2n) is 4.47. The highest BCUT2D eigenvalue weighted by Crippen LogP contribution is 2.24. The van der Waals surface area contributed by atoms with E-state index in [0.717, 1.165) is 22.2 Å². The lowest BCUT2D eigenvalue weighted by Crippen LogP contribution is -2.04. The van der Waals surface area contributed by atoms with E-state index in [1.807, 2.05) is 55.5 Å². The topological polar surface area (TPSA) is 43.1 Å². The number of fused-ring (bicyclic) bond motifs is 1. The van der Waals surface area contributed by atoms with Gasteiger partial charge >= 0.3 is 0 Å². The van der Waals surface area contributed by atoms with Crippen molar-refractivity contribution in [2.45, 2.75) is 12.1 Å². The smallest absolute Gasteiger partial charge is 0.257 e. The van der Waals surface area contributed by atoms with Crippen LogP contribution in [-0.2, 0) is 0 Å². The summed E-state index contributed by atoms with van der Waals surface area (Å²) in [5.74, 6) is 0.424. The van der Waals surface area contributed by atoms with Gasteiger partial charge in [0.25, 0.3) is 5.22 Å². The van der Waals surface area contributed by atoms with Crippen molar-refractivity contribution in [3.8, 4) is 0 Å². The van der Waals surface area contributed by atoms with Gasteiger partial charge in [0.05, 0.1) is 5.75 Å². The highest BCUT2D eigenvalue weighted by molar-refractivity contribution is 7.99. The zero-order valence-electron chi connectivity index (χ0n) is 11.0. The summed E-state index contributed by atoms with van der Waals surface area (Å²) >= 11 is 1.33. The van der Waals surface area contributed by atoms with Gasteiger partial charge in [0.2, 0.25) is 0 Å². The van der Waals surface area contributed by atoms with E-state index in [2.05, 4.69) is 4.98 Å². The first-order valence-electron chi connectivity index (χ1n) is 6.31. The fourth-order valence-corrected chi connectivity index (χ4v) is 2.73. The molecule has 0 saturated heterocycles. The Morgan fingerprint density at radius 1 is 1.15 bits per heavy atom. The maximum absolute atomic E-state index is 12.2. The molecule has 0 amide bonds. The van der Waals surface area contributed by atoms with Gasteiger partial charge in [-0.2, -0.15) is 0 Å². The van der Waals surface area contributed by atoms with Crippen molar-refractivity contribution in [1.29, 1.82) is 0 Å². The van der Waals surface area contributed by atoms with E-state index >= 15 is 0 Å². The number of benzene rings is 2.